The second-order valence-electron chi connectivity index (χ2n) is 5.54. The number of aryl methyl sites for hydroxylation is 1. The highest BCUT2D eigenvalue weighted by atomic mass is 19.1. The van der Waals surface area contributed by atoms with E-state index in [0.717, 1.165) is 11.3 Å². The maximum absolute atomic E-state index is 13.7. The minimum absolute atomic E-state index is 0.126. The molecule has 2 aromatic rings. The number of hydrogen-bond donors (Lipinski definition) is 0. The molecule has 2 rings (SSSR count). The van der Waals surface area contributed by atoms with Crippen LogP contribution in [0.1, 0.15) is 22.3 Å². The summed E-state index contributed by atoms with van der Waals surface area (Å²) in [6.45, 7) is 3.03. The van der Waals surface area contributed by atoms with Gasteiger partial charge in [-0.1, -0.05) is 18.2 Å². The number of carbonyl (C=O) groups excluding carboxylic acids is 1. The highest BCUT2D eigenvalue weighted by Gasteiger charge is 2.14. The summed E-state index contributed by atoms with van der Waals surface area (Å²) in [7, 11) is 3.08. The lowest BCUT2D eigenvalue weighted by atomic mass is 10.2. The summed E-state index contributed by atoms with van der Waals surface area (Å²) >= 11 is 0. The molecule has 1 amide bonds. The minimum atomic E-state index is -0.542. The van der Waals surface area contributed by atoms with Gasteiger partial charge in [0, 0.05) is 19.2 Å². The van der Waals surface area contributed by atoms with Gasteiger partial charge < -0.3 is 14.4 Å². The summed E-state index contributed by atoms with van der Waals surface area (Å²) in [4.78, 5) is 13.9. The normalized spacial score (nSPS) is 10.3. The molecular formula is C19H22FNO3. The van der Waals surface area contributed by atoms with Crippen molar-refractivity contribution in [2.24, 2.45) is 0 Å². The monoisotopic (exact) mass is 331 g/mol. The molecule has 5 heteroatoms. The molecule has 0 saturated heterocycles. The van der Waals surface area contributed by atoms with Crippen molar-refractivity contribution >= 4 is 5.91 Å². The van der Waals surface area contributed by atoms with E-state index in [1.165, 1.54) is 19.2 Å². The molecule has 0 unspecified atom stereocenters. The summed E-state index contributed by atoms with van der Waals surface area (Å²) in [6, 6.07) is 12.0. The van der Waals surface area contributed by atoms with E-state index in [0.29, 0.717) is 25.1 Å². The van der Waals surface area contributed by atoms with Crippen molar-refractivity contribution in [2.45, 2.75) is 13.3 Å². The topological polar surface area (TPSA) is 38.8 Å². The van der Waals surface area contributed by atoms with Crippen LogP contribution in [0.15, 0.2) is 42.5 Å². The Morgan fingerprint density at radius 2 is 1.92 bits per heavy atom. The standard InChI is InChI=1S/C19H22FNO3/c1-14-7-4-5-8-17(14)24-12-6-11-21(2)19(22)15-9-10-18(23-3)16(20)13-15/h4-5,7-10,13H,6,11-12H2,1-3H3. The maximum Gasteiger partial charge on any atom is 0.253 e. The van der Waals surface area contributed by atoms with Crippen LogP contribution >= 0.6 is 0 Å². The van der Waals surface area contributed by atoms with Crippen LogP contribution in [0.25, 0.3) is 0 Å². The maximum atomic E-state index is 13.7. The predicted molar refractivity (Wildman–Crippen MR) is 91.2 cm³/mol. The van der Waals surface area contributed by atoms with Crippen LogP contribution in [0.3, 0.4) is 0 Å². The molecule has 0 aliphatic carbocycles. The lowest BCUT2D eigenvalue weighted by molar-refractivity contribution is 0.0787. The number of carbonyl (C=O) groups is 1. The number of para-hydroxylation sites is 1. The molecule has 0 aromatic heterocycles. The number of ether oxygens (including phenoxy) is 2. The smallest absolute Gasteiger partial charge is 0.253 e. The van der Waals surface area contributed by atoms with Crippen molar-refractivity contribution in [1.82, 2.24) is 4.90 Å². The fourth-order valence-electron chi connectivity index (χ4n) is 2.32. The van der Waals surface area contributed by atoms with Crippen molar-refractivity contribution in [3.8, 4) is 11.5 Å². The lowest BCUT2D eigenvalue weighted by Gasteiger charge is -2.18. The predicted octanol–water partition coefficient (Wildman–Crippen LogP) is 3.68. The van der Waals surface area contributed by atoms with Crippen molar-refractivity contribution in [3.63, 3.8) is 0 Å². The molecule has 2 aromatic carbocycles. The third kappa shape index (κ3) is 4.47. The highest BCUT2D eigenvalue weighted by molar-refractivity contribution is 5.94. The molecule has 0 atom stereocenters. The average Bonchev–Trinajstić information content (AvgIpc) is 2.59. The van der Waals surface area contributed by atoms with Gasteiger partial charge in [0.1, 0.15) is 5.75 Å². The Hall–Kier alpha value is -2.56. The third-order valence-corrected chi connectivity index (χ3v) is 3.73. The van der Waals surface area contributed by atoms with E-state index in [-0.39, 0.29) is 11.7 Å². The van der Waals surface area contributed by atoms with Crippen LogP contribution in [-0.2, 0) is 0 Å². The molecule has 0 aliphatic rings. The Bertz CT molecular complexity index is 703. The van der Waals surface area contributed by atoms with Crippen LogP contribution < -0.4 is 9.47 Å². The van der Waals surface area contributed by atoms with E-state index in [4.69, 9.17) is 9.47 Å². The van der Waals surface area contributed by atoms with Gasteiger partial charge in [-0.15, -0.1) is 0 Å². The van der Waals surface area contributed by atoms with Gasteiger partial charge in [-0.05, 0) is 43.2 Å². The zero-order chi connectivity index (χ0) is 17.5. The summed E-state index contributed by atoms with van der Waals surface area (Å²) in [5.41, 5.74) is 1.38. The van der Waals surface area contributed by atoms with E-state index < -0.39 is 5.82 Å². The largest absolute Gasteiger partial charge is 0.494 e. The molecule has 0 heterocycles. The van der Waals surface area contributed by atoms with Crippen molar-refractivity contribution in [3.05, 3.63) is 59.4 Å². The second kappa shape index (κ2) is 8.34. The summed E-state index contributed by atoms with van der Waals surface area (Å²) in [5, 5.41) is 0. The van der Waals surface area contributed by atoms with Gasteiger partial charge in [0.05, 0.1) is 13.7 Å². The first-order valence-corrected chi connectivity index (χ1v) is 7.80. The first-order chi connectivity index (χ1) is 11.5. The quantitative estimate of drug-likeness (QED) is 0.727. The average molecular weight is 331 g/mol. The van der Waals surface area contributed by atoms with E-state index in [1.807, 2.05) is 31.2 Å². The van der Waals surface area contributed by atoms with Crippen LogP contribution in [-0.4, -0.2) is 38.1 Å². The fourth-order valence-corrected chi connectivity index (χ4v) is 2.32. The SMILES string of the molecule is COc1ccc(C(=O)N(C)CCCOc2ccccc2C)cc1F. The van der Waals surface area contributed by atoms with E-state index in [1.54, 1.807) is 18.0 Å². The number of nitrogens with zero attached hydrogens (tertiary/aromatic N) is 1. The molecule has 0 spiro atoms. The molecule has 128 valence electrons. The highest BCUT2D eigenvalue weighted by Crippen LogP contribution is 2.19. The van der Waals surface area contributed by atoms with E-state index >= 15 is 0 Å². The van der Waals surface area contributed by atoms with Crippen LogP contribution in [0.2, 0.25) is 0 Å². The molecule has 0 saturated carbocycles. The van der Waals surface area contributed by atoms with Crippen LogP contribution in [0, 0.1) is 12.7 Å². The van der Waals surface area contributed by atoms with Gasteiger partial charge >= 0.3 is 0 Å². The van der Waals surface area contributed by atoms with Gasteiger partial charge in [-0.25, -0.2) is 4.39 Å². The summed E-state index contributed by atoms with van der Waals surface area (Å²) in [5.74, 6) is 0.205. The zero-order valence-corrected chi connectivity index (χ0v) is 14.2. The molecule has 0 aliphatic heterocycles. The van der Waals surface area contributed by atoms with Crippen molar-refractivity contribution in [2.75, 3.05) is 27.3 Å². The van der Waals surface area contributed by atoms with Gasteiger partial charge in [0.2, 0.25) is 0 Å². The minimum Gasteiger partial charge on any atom is -0.494 e. The number of amides is 1. The summed E-state index contributed by atoms with van der Waals surface area (Å²) in [6.07, 6.45) is 0.690. The zero-order valence-electron chi connectivity index (χ0n) is 14.2. The van der Waals surface area contributed by atoms with Gasteiger partial charge in [0.15, 0.2) is 11.6 Å². The summed E-state index contributed by atoms with van der Waals surface area (Å²) < 4.78 is 24.3. The number of methoxy groups -OCH3 is 1. The molecule has 0 bridgehead atoms. The Labute approximate surface area is 141 Å². The number of hydrogen-bond acceptors (Lipinski definition) is 3. The van der Waals surface area contributed by atoms with Crippen LogP contribution in [0.5, 0.6) is 11.5 Å². The van der Waals surface area contributed by atoms with E-state index in [2.05, 4.69) is 0 Å². The molecule has 0 radical (unpaired) electrons. The molecular weight excluding hydrogens is 309 g/mol. The van der Waals surface area contributed by atoms with Crippen molar-refractivity contribution in [1.29, 1.82) is 0 Å². The fraction of sp³-hybridized carbons (Fsp3) is 0.316. The molecule has 24 heavy (non-hydrogen) atoms. The Morgan fingerprint density at radius 1 is 1.17 bits per heavy atom. The number of halogens is 1. The Balaban J connectivity index is 1.83. The molecule has 0 fully saturated rings. The lowest BCUT2D eigenvalue weighted by Crippen LogP contribution is -2.28. The number of benzene rings is 2. The molecule has 4 nitrogen and oxygen atoms in total. The van der Waals surface area contributed by atoms with Gasteiger partial charge in [-0.2, -0.15) is 0 Å². The van der Waals surface area contributed by atoms with Gasteiger partial charge in [0.25, 0.3) is 5.91 Å². The first-order valence-electron chi connectivity index (χ1n) is 7.80. The second-order valence-corrected chi connectivity index (χ2v) is 5.54. The van der Waals surface area contributed by atoms with E-state index in [9.17, 15) is 9.18 Å². The Kier molecular flexibility index (Phi) is 6.18. The van der Waals surface area contributed by atoms with Crippen molar-refractivity contribution < 1.29 is 18.7 Å². The Morgan fingerprint density at radius 3 is 2.58 bits per heavy atom. The van der Waals surface area contributed by atoms with Gasteiger partial charge in [-0.3, -0.25) is 4.79 Å². The first kappa shape index (κ1) is 17.8. The number of rotatable bonds is 7. The van der Waals surface area contributed by atoms with Crippen LogP contribution in [0.4, 0.5) is 4.39 Å². The third-order valence-electron chi connectivity index (χ3n) is 3.73. The molecule has 0 N–H and O–H groups in total.